The van der Waals surface area contributed by atoms with Gasteiger partial charge in [-0.2, -0.15) is 0 Å². The van der Waals surface area contributed by atoms with E-state index in [1.807, 2.05) is 42.8 Å². The minimum Gasteiger partial charge on any atom is -0.344 e. The van der Waals surface area contributed by atoms with E-state index in [1.54, 1.807) is 6.20 Å². The van der Waals surface area contributed by atoms with Crippen molar-refractivity contribution in [3.8, 4) is 11.3 Å². The van der Waals surface area contributed by atoms with Crippen molar-refractivity contribution >= 4 is 11.9 Å². The number of hydrogen-bond acceptors (Lipinski definition) is 5. The molecule has 0 aliphatic carbocycles. The third-order valence-electron chi connectivity index (χ3n) is 5.03. The van der Waals surface area contributed by atoms with Crippen LogP contribution in [0.3, 0.4) is 0 Å². The molecule has 1 saturated heterocycles. The summed E-state index contributed by atoms with van der Waals surface area (Å²) in [6, 6.07) is 5.97. The van der Waals surface area contributed by atoms with Crippen LogP contribution in [0.1, 0.15) is 38.6 Å². The summed E-state index contributed by atoms with van der Waals surface area (Å²) in [7, 11) is 1.99. The molecular weight excluding hydrogens is 338 g/mol. The maximum absolute atomic E-state index is 12.3. The van der Waals surface area contributed by atoms with Crippen LogP contribution in [0.5, 0.6) is 0 Å². The Balaban J connectivity index is 1.75. The predicted molar refractivity (Wildman–Crippen MR) is 108 cm³/mol. The Labute approximate surface area is 161 Å². The van der Waals surface area contributed by atoms with Crippen LogP contribution in [-0.4, -0.2) is 51.4 Å². The van der Waals surface area contributed by atoms with E-state index in [9.17, 15) is 4.79 Å². The van der Waals surface area contributed by atoms with Crippen molar-refractivity contribution in [3.05, 3.63) is 35.8 Å². The van der Waals surface area contributed by atoms with Crippen LogP contribution in [0.15, 0.2) is 24.4 Å². The van der Waals surface area contributed by atoms with Gasteiger partial charge in [-0.1, -0.05) is 0 Å². The van der Waals surface area contributed by atoms with Gasteiger partial charge in [0, 0.05) is 61.2 Å². The third kappa shape index (κ3) is 4.26. The summed E-state index contributed by atoms with van der Waals surface area (Å²) < 4.78 is 0. The van der Waals surface area contributed by atoms with Crippen molar-refractivity contribution in [3.63, 3.8) is 0 Å². The van der Waals surface area contributed by atoms with Crippen LogP contribution in [-0.2, 0) is 4.79 Å². The van der Waals surface area contributed by atoms with Gasteiger partial charge in [0.2, 0.25) is 11.9 Å². The molecule has 2 aromatic heterocycles. The molecule has 1 aliphatic heterocycles. The highest BCUT2D eigenvalue weighted by Crippen LogP contribution is 2.27. The summed E-state index contributed by atoms with van der Waals surface area (Å²) in [5, 5.41) is 0. The first-order valence-corrected chi connectivity index (χ1v) is 9.44. The zero-order valence-corrected chi connectivity index (χ0v) is 17.2. The monoisotopic (exact) mass is 367 g/mol. The number of amides is 1. The number of rotatable bonds is 4. The van der Waals surface area contributed by atoms with Crippen molar-refractivity contribution in [1.29, 1.82) is 0 Å². The van der Waals surface area contributed by atoms with Gasteiger partial charge >= 0.3 is 0 Å². The molecule has 1 aliphatic rings. The van der Waals surface area contributed by atoms with Gasteiger partial charge in [0.25, 0.3) is 0 Å². The molecule has 3 heterocycles. The standard InChI is InChI=1S/C21H29N5O/c1-14-7-8-17(15(2)23-14)18-9-10-22-20(24-18)25(6)12-16-11-19(27)26(13-16)21(3,4)5/h7-10,16H,11-13H2,1-6H3/t16-/m1/s1. The van der Waals surface area contributed by atoms with Crippen LogP contribution in [0.25, 0.3) is 11.3 Å². The Morgan fingerprint density at radius 1 is 1.19 bits per heavy atom. The molecule has 1 atom stereocenters. The number of aryl methyl sites for hydroxylation is 2. The molecule has 0 bridgehead atoms. The summed E-state index contributed by atoms with van der Waals surface area (Å²) >= 11 is 0. The molecule has 3 rings (SSSR count). The van der Waals surface area contributed by atoms with Gasteiger partial charge in [0.15, 0.2) is 0 Å². The summed E-state index contributed by atoms with van der Waals surface area (Å²) in [5.41, 5.74) is 3.72. The topological polar surface area (TPSA) is 62.2 Å². The fraction of sp³-hybridized carbons (Fsp3) is 0.524. The van der Waals surface area contributed by atoms with Gasteiger partial charge in [-0.15, -0.1) is 0 Å². The first-order valence-electron chi connectivity index (χ1n) is 9.44. The summed E-state index contributed by atoms with van der Waals surface area (Å²) in [6.07, 6.45) is 2.37. The smallest absolute Gasteiger partial charge is 0.225 e. The molecular formula is C21H29N5O. The molecule has 6 heteroatoms. The number of likely N-dealkylation sites (tertiary alicyclic amines) is 1. The zero-order valence-electron chi connectivity index (χ0n) is 17.2. The second kappa shape index (κ2) is 7.25. The lowest BCUT2D eigenvalue weighted by Gasteiger charge is -2.32. The van der Waals surface area contributed by atoms with Gasteiger partial charge in [0.1, 0.15) is 0 Å². The summed E-state index contributed by atoms with van der Waals surface area (Å²) in [6.45, 7) is 11.8. The molecule has 0 spiro atoms. The fourth-order valence-corrected chi connectivity index (χ4v) is 3.66. The van der Waals surface area contributed by atoms with E-state index < -0.39 is 0 Å². The van der Waals surface area contributed by atoms with Crippen LogP contribution in [0.4, 0.5) is 5.95 Å². The van der Waals surface area contributed by atoms with Crippen LogP contribution < -0.4 is 4.90 Å². The van der Waals surface area contributed by atoms with E-state index >= 15 is 0 Å². The van der Waals surface area contributed by atoms with Crippen molar-refractivity contribution in [1.82, 2.24) is 19.9 Å². The summed E-state index contributed by atoms with van der Waals surface area (Å²) in [4.78, 5) is 30.1. The van der Waals surface area contributed by atoms with E-state index in [4.69, 9.17) is 4.98 Å². The lowest BCUT2D eigenvalue weighted by molar-refractivity contribution is -0.131. The van der Waals surface area contributed by atoms with E-state index in [2.05, 4.69) is 36.8 Å². The molecule has 0 N–H and O–H groups in total. The first kappa shape index (κ1) is 19.3. The molecule has 6 nitrogen and oxygen atoms in total. The average molecular weight is 367 g/mol. The van der Waals surface area contributed by atoms with Crippen LogP contribution in [0, 0.1) is 19.8 Å². The van der Waals surface area contributed by atoms with E-state index in [0.717, 1.165) is 35.7 Å². The number of aromatic nitrogens is 3. The van der Waals surface area contributed by atoms with Crippen molar-refractivity contribution in [2.75, 3.05) is 25.0 Å². The Bertz CT molecular complexity index is 843. The van der Waals surface area contributed by atoms with Crippen LogP contribution >= 0.6 is 0 Å². The maximum Gasteiger partial charge on any atom is 0.225 e. The van der Waals surface area contributed by atoms with Crippen molar-refractivity contribution in [2.24, 2.45) is 5.92 Å². The highest BCUT2D eigenvalue weighted by atomic mass is 16.2. The largest absolute Gasteiger partial charge is 0.344 e. The Morgan fingerprint density at radius 2 is 1.93 bits per heavy atom. The lowest BCUT2D eigenvalue weighted by Crippen LogP contribution is -2.42. The Kier molecular flexibility index (Phi) is 5.18. The molecule has 1 amide bonds. The van der Waals surface area contributed by atoms with E-state index in [0.29, 0.717) is 12.4 Å². The van der Waals surface area contributed by atoms with Gasteiger partial charge in [-0.25, -0.2) is 9.97 Å². The number of hydrogen-bond donors (Lipinski definition) is 0. The molecule has 144 valence electrons. The van der Waals surface area contributed by atoms with Gasteiger partial charge in [-0.3, -0.25) is 9.78 Å². The third-order valence-corrected chi connectivity index (χ3v) is 5.03. The molecule has 0 unspecified atom stereocenters. The maximum atomic E-state index is 12.3. The number of anilines is 1. The average Bonchev–Trinajstić information content (AvgIpc) is 2.95. The lowest BCUT2D eigenvalue weighted by atomic mass is 10.1. The number of carbonyl (C=O) groups excluding carboxylic acids is 1. The van der Waals surface area contributed by atoms with E-state index in [1.165, 1.54) is 0 Å². The number of carbonyl (C=O) groups is 1. The first-order chi connectivity index (χ1) is 12.6. The van der Waals surface area contributed by atoms with Crippen molar-refractivity contribution in [2.45, 2.75) is 46.6 Å². The van der Waals surface area contributed by atoms with Gasteiger partial charge in [0.05, 0.1) is 5.69 Å². The molecule has 0 radical (unpaired) electrons. The summed E-state index contributed by atoms with van der Waals surface area (Å²) in [5.74, 6) is 1.20. The molecule has 1 fully saturated rings. The molecule has 2 aromatic rings. The predicted octanol–water partition coefficient (Wildman–Crippen LogP) is 3.24. The second-order valence-corrected chi connectivity index (χ2v) is 8.45. The van der Waals surface area contributed by atoms with Gasteiger partial charge < -0.3 is 9.80 Å². The Morgan fingerprint density at radius 3 is 2.56 bits per heavy atom. The SMILES string of the molecule is Cc1ccc(-c2ccnc(N(C)C[C@H]3CC(=O)N(C(C)(C)C)C3)n2)c(C)n1. The highest BCUT2D eigenvalue weighted by Gasteiger charge is 2.36. The quantitative estimate of drug-likeness (QED) is 0.830. The number of pyridine rings is 1. The minimum atomic E-state index is -0.128. The van der Waals surface area contributed by atoms with E-state index in [-0.39, 0.29) is 17.4 Å². The Hall–Kier alpha value is -2.50. The molecule has 0 aromatic carbocycles. The zero-order chi connectivity index (χ0) is 19.8. The second-order valence-electron chi connectivity index (χ2n) is 8.45. The number of nitrogens with zero attached hydrogens (tertiary/aromatic N) is 5. The molecule has 0 saturated carbocycles. The fourth-order valence-electron chi connectivity index (χ4n) is 3.66. The van der Waals surface area contributed by atoms with Gasteiger partial charge in [-0.05, 0) is 52.8 Å². The highest BCUT2D eigenvalue weighted by molar-refractivity contribution is 5.79. The normalized spacial score (nSPS) is 17.5. The van der Waals surface area contributed by atoms with Crippen molar-refractivity contribution < 1.29 is 4.79 Å². The molecule has 27 heavy (non-hydrogen) atoms. The van der Waals surface area contributed by atoms with Crippen LogP contribution in [0.2, 0.25) is 0 Å². The minimum absolute atomic E-state index is 0.128.